The van der Waals surface area contributed by atoms with Gasteiger partial charge in [0.2, 0.25) is 0 Å². The van der Waals surface area contributed by atoms with Gasteiger partial charge in [-0.05, 0) is 43.0 Å². The lowest BCUT2D eigenvalue weighted by Crippen LogP contribution is -2.35. The largest absolute Gasteiger partial charge is 0.387 e. The van der Waals surface area contributed by atoms with Crippen molar-refractivity contribution < 1.29 is 14.6 Å². The number of nitrogens with zero attached hydrogens (tertiary/aromatic N) is 2. The monoisotopic (exact) mass is 417 g/mol. The number of methoxy groups -OCH3 is 1. The summed E-state index contributed by atoms with van der Waals surface area (Å²) >= 11 is 5.82. The molecule has 1 aliphatic heterocycles. The molecule has 6 nitrogen and oxygen atoms in total. The van der Waals surface area contributed by atoms with Crippen LogP contribution in [0.25, 0.3) is 0 Å². The van der Waals surface area contributed by atoms with E-state index in [9.17, 15) is 9.90 Å². The van der Waals surface area contributed by atoms with E-state index in [4.69, 9.17) is 16.3 Å². The van der Waals surface area contributed by atoms with Crippen LogP contribution in [0.5, 0.6) is 0 Å². The number of halogens is 1. The molecule has 0 radical (unpaired) electrons. The van der Waals surface area contributed by atoms with E-state index in [0.717, 1.165) is 24.8 Å². The number of likely N-dealkylation sites (N-methyl/N-ethyl adjacent to an activating group) is 1. The first-order valence-corrected chi connectivity index (χ1v) is 10.2. The zero-order chi connectivity index (χ0) is 20.8. The van der Waals surface area contributed by atoms with E-state index in [2.05, 4.69) is 10.3 Å². The maximum atomic E-state index is 12.4. The lowest BCUT2D eigenvalue weighted by molar-refractivity contribution is 0.0744. The summed E-state index contributed by atoms with van der Waals surface area (Å²) in [6, 6.07) is 11.6. The molecular weight excluding hydrogens is 390 g/mol. The van der Waals surface area contributed by atoms with Gasteiger partial charge >= 0.3 is 0 Å². The van der Waals surface area contributed by atoms with Crippen LogP contribution in [0.4, 0.5) is 0 Å². The second-order valence-electron chi connectivity index (χ2n) is 7.53. The quantitative estimate of drug-likeness (QED) is 0.646. The van der Waals surface area contributed by atoms with E-state index < -0.39 is 6.10 Å². The van der Waals surface area contributed by atoms with Gasteiger partial charge in [0.05, 0.1) is 12.7 Å². The normalized spacial score (nSPS) is 19.9. The van der Waals surface area contributed by atoms with E-state index in [1.165, 1.54) is 5.56 Å². The van der Waals surface area contributed by atoms with Crippen LogP contribution in [0.1, 0.15) is 40.4 Å². The molecule has 1 aromatic carbocycles. The molecule has 0 saturated carbocycles. The summed E-state index contributed by atoms with van der Waals surface area (Å²) in [5.41, 5.74) is 2.62. The molecule has 3 rings (SSSR count). The molecule has 1 aliphatic rings. The number of amides is 1. The molecule has 2 aromatic rings. The summed E-state index contributed by atoms with van der Waals surface area (Å²) in [6.45, 7) is 1.09. The maximum Gasteiger partial charge on any atom is 0.253 e. The topological polar surface area (TPSA) is 74.7 Å². The first-order chi connectivity index (χ1) is 14.0. The third-order valence-corrected chi connectivity index (χ3v) is 5.63. The highest BCUT2D eigenvalue weighted by Gasteiger charge is 2.30. The molecular formula is C22H28ClN3O3. The Morgan fingerprint density at radius 1 is 1.31 bits per heavy atom. The minimum Gasteiger partial charge on any atom is -0.387 e. The fourth-order valence-corrected chi connectivity index (χ4v) is 3.78. The number of benzene rings is 1. The van der Waals surface area contributed by atoms with Crippen molar-refractivity contribution in [2.75, 3.05) is 27.3 Å². The zero-order valence-electron chi connectivity index (χ0n) is 16.8. The Morgan fingerprint density at radius 2 is 2.07 bits per heavy atom. The van der Waals surface area contributed by atoms with Crippen molar-refractivity contribution in [3.05, 3.63) is 64.4 Å². The molecule has 3 atom stereocenters. The molecule has 0 spiro atoms. The molecule has 1 saturated heterocycles. The number of carbonyl (C=O) groups excluding carboxylic acids is 1. The van der Waals surface area contributed by atoms with Crippen LogP contribution in [-0.4, -0.2) is 60.3 Å². The summed E-state index contributed by atoms with van der Waals surface area (Å²) in [4.78, 5) is 18.1. The Bertz CT molecular complexity index is 798. The van der Waals surface area contributed by atoms with Crippen molar-refractivity contribution in [2.45, 2.75) is 37.5 Å². The predicted octanol–water partition coefficient (Wildman–Crippen LogP) is 2.85. The van der Waals surface area contributed by atoms with E-state index in [1.807, 2.05) is 30.3 Å². The van der Waals surface area contributed by atoms with Crippen LogP contribution in [0.15, 0.2) is 42.6 Å². The molecule has 2 N–H and O–H groups in total. The number of hydrogen-bond acceptors (Lipinski definition) is 5. The highest BCUT2D eigenvalue weighted by atomic mass is 35.5. The number of hydrogen-bond donors (Lipinski definition) is 2. The smallest absolute Gasteiger partial charge is 0.253 e. The Kier molecular flexibility index (Phi) is 7.61. The number of aliphatic hydroxyl groups excluding tert-OH is 1. The van der Waals surface area contributed by atoms with Gasteiger partial charge in [-0.3, -0.25) is 4.79 Å². The molecule has 2 heterocycles. The first-order valence-electron chi connectivity index (χ1n) is 9.87. The third kappa shape index (κ3) is 5.76. The van der Waals surface area contributed by atoms with Crippen molar-refractivity contribution in [1.82, 2.24) is 15.2 Å². The summed E-state index contributed by atoms with van der Waals surface area (Å²) in [5.74, 6) is -0.00708. The number of nitrogens with one attached hydrogen (secondary N) is 1. The molecule has 29 heavy (non-hydrogen) atoms. The molecule has 1 aromatic heterocycles. The Balaban J connectivity index is 1.53. The van der Waals surface area contributed by atoms with Crippen LogP contribution >= 0.6 is 11.6 Å². The lowest BCUT2D eigenvalue weighted by atomic mass is 10.0. The number of carbonyl (C=O) groups is 1. The van der Waals surface area contributed by atoms with Crippen LogP contribution < -0.4 is 5.32 Å². The Hall–Kier alpha value is -1.99. The van der Waals surface area contributed by atoms with Gasteiger partial charge in [0, 0.05) is 50.1 Å². The molecule has 7 heteroatoms. The zero-order valence-corrected chi connectivity index (χ0v) is 17.6. The lowest BCUT2D eigenvalue weighted by Gasteiger charge is -2.20. The molecule has 1 fully saturated rings. The Morgan fingerprint density at radius 3 is 2.72 bits per heavy atom. The fraction of sp³-hybridized carbons (Fsp3) is 0.455. The predicted molar refractivity (Wildman–Crippen MR) is 113 cm³/mol. The van der Waals surface area contributed by atoms with E-state index >= 15 is 0 Å². The average Bonchev–Trinajstić information content (AvgIpc) is 3.20. The van der Waals surface area contributed by atoms with Gasteiger partial charge in [-0.1, -0.05) is 29.8 Å². The van der Waals surface area contributed by atoms with Gasteiger partial charge in [-0.25, -0.2) is 4.98 Å². The highest BCUT2D eigenvalue weighted by molar-refractivity contribution is 6.29. The number of aromatic nitrogens is 1. The van der Waals surface area contributed by atoms with Crippen LogP contribution in [0.3, 0.4) is 0 Å². The van der Waals surface area contributed by atoms with Gasteiger partial charge in [-0.15, -0.1) is 0 Å². The summed E-state index contributed by atoms with van der Waals surface area (Å²) in [6.07, 6.45) is 3.77. The third-order valence-electron chi connectivity index (χ3n) is 5.41. The maximum absolute atomic E-state index is 12.4. The van der Waals surface area contributed by atoms with Crippen molar-refractivity contribution in [2.24, 2.45) is 0 Å². The van der Waals surface area contributed by atoms with Crippen LogP contribution in [0, 0.1) is 0 Å². The molecule has 1 amide bonds. The van der Waals surface area contributed by atoms with Crippen molar-refractivity contribution in [3.63, 3.8) is 0 Å². The number of ether oxygens (including phenoxy) is 1. The van der Waals surface area contributed by atoms with E-state index in [1.54, 1.807) is 31.3 Å². The SMILES string of the molecule is COCCN(C)C(=O)c1ccc(C[C@@H]2CC[C@H]([C@H](O)c3ccc(Cl)nc3)N2)cc1. The minimum atomic E-state index is -0.604. The summed E-state index contributed by atoms with van der Waals surface area (Å²) in [7, 11) is 3.40. The first kappa shape index (κ1) is 21.7. The van der Waals surface area contributed by atoms with Crippen molar-refractivity contribution in [1.29, 1.82) is 0 Å². The molecule has 0 bridgehead atoms. The van der Waals surface area contributed by atoms with E-state index in [-0.39, 0.29) is 11.9 Å². The summed E-state index contributed by atoms with van der Waals surface area (Å²) < 4.78 is 5.02. The van der Waals surface area contributed by atoms with Gasteiger partial charge in [-0.2, -0.15) is 0 Å². The average molecular weight is 418 g/mol. The van der Waals surface area contributed by atoms with Crippen molar-refractivity contribution >= 4 is 17.5 Å². The molecule has 0 aliphatic carbocycles. The number of rotatable bonds is 8. The fourth-order valence-electron chi connectivity index (χ4n) is 3.67. The Labute approximate surface area is 176 Å². The summed E-state index contributed by atoms with van der Waals surface area (Å²) in [5, 5.41) is 14.6. The minimum absolute atomic E-state index is 0.00161. The standard InChI is InChI=1S/C22H28ClN3O3/c1-26(11-12-29-2)22(28)16-5-3-15(4-6-16)13-18-8-9-19(25-18)21(27)17-7-10-20(23)24-14-17/h3-7,10,14,18-19,21,25,27H,8-9,11-13H2,1-2H3/t18-,19+,21+/m0/s1. The van der Waals surface area contributed by atoms with Gasteiger partial charge in [0.25, 0.3) is 5.91 Å². The highest BCUT2D eigenvalue weighted by Crippen LogP contribution is 2.27. The van der Waals surface area contributed by atoms with Crippen LogP contribution in [-0.2, 0) is 11.2 Å². The second-order valence-corrected chi connectivity index (χ2v) is 7.91. The number of aliphatic hydroxyl groups is 1. The van der Waals surface area contributed by atoms with Gasteiger partial charge in [0.1, 0.15) is 5.15 Å². The molecule has 0 unspecified atom stereocenters. The van der Waals surface area contributed by atoms with E-state index in [0.29, 0.717) is 29.9 Å². The van der Waals surface area contributed by atoms with Gasteiger partial charge in [0.15, 0.2) is 0 Å². The number of pyridine rings is 1. The second kappa shape index (κ2) is 10.2. The molecule has 156 valence electrons. The van der Waals surface area contributed by atoms with Crippen molar-refractivity contribution in [3.8, 4) is 0 Å². The van der Waals surface area contributed by atoms with Crippen LogP contribution in [0.2, 0.25) is 5.15 Å². The van der Waals surface area contributed by atoms with Gasteiger partial charge < -0.3 is 20.1 Å².